The summed E-state index contributed by atoms with van der Waals surface area (Å²) >= 11 is 0. The Kier molecular flexibility index (Phi) is 4.97. The molecule has 1 N–H and O–H groups in total. The van der Waals surface area contributed by atoms with Crippen LogP contribution in [0.2, 0.25) is 0 Å². The highest BCUT2D eigenvalue weighted by Gasteiger charge is 2.23. The van der Waals surface area contributed by atoms with Crippen LogP contribution in [0, 0.1) is 5.92 Å². The first-order chi connectivity index (χ1) is 9.20. The zero-order valence-corrected chi connectivity index (χ0v) is 11.8. The molecule has 0 saturated heterocycles. The van der Waals surface area contributed by atoms with E-state index in [2.05, 4.69) is 12.2 Å². The summed E-state index contributed by atoms with van der Waals surface area (Å²) in [4.78, 5) is 12.3. The molecule has 0 radical (unpaired) electrons. The van der Waals surface area contributed by atoms with E-state index in [0.717, 1.165) is 17.5 Å². The Morgan fingerprint density at radius 3 is 2.89 bits per heavy atom. The van der Waals surface area contributed by atoms with Crippen LogP contribution in [-0.4, -0.2) is 19.1 Å². The standard InChI is InChI=1S/C16H23NO2/c1-12-6-3-4-9-15(12)17-16(18)14-8-5-7-13(10-14)11-19-2/h5,7-8,10,12,15H,3-4,6,9,11H2,1-2H3,(H,17,18). The van der Waals surface area contributed by atoms with Crippen molar-refractivity contribution in [1.29, 1.82) is 0 Å². The summed E-state index contributed by atoms with van der Waals surface area (Å²) in [5.74, 6) is 0.622. The predicted molar refractivity (Wildman–Crippen MR) is 76.0 cm³/mol. The van der Waals surface area contributed by atoms with Gasteiger partial charge in [0.1, 0.15) is 0 Å². The molecule has 0 spiro atoms. The van der Waals surface area contributed by atoms with Gasteiger partial charge < -0.3 is 10.1 Å². The first-order valence-corrected chi connectivity index (χ1v) is 7.09. The maximum absolute atomic E-state index is 12.3. The van der Waals surface area contributed by atoms with Crippen LogP contribution >= 0.6 is 0 Å². The van der Waals surface area contributed by atoms with Crippen LogP contribution in [0.4, 0.5) is 0 Å². The summed E-state index contributed by atoms with van der Waals surface area (Å²) in [5.41, 5.74) is 1.76. The van der Waals surface area contributed by atoms with Gasteiger partial charge in [-0.05, 0) is 36.5 Å². The number of benzene rings is 1. The second kappa shape index (κ2) is 6.71. The summed E-state index contributed by atoms with van der Waals surface area (Å²) < 4.78 is 5.10. The molecule has 2 unspecified atom stereocenters. The Hall–Kier alpha value is -1.35. The summed E-state index contributed by atoms with van der Waals surface area (Å²) in [5, 5.41) is 3.17. The third-order valence-electron chi connectivity index (χ3n) is 3.93. The number of carbonyl (C=O) groups is 1. The molecule has 1 fully saturated rings. The van der Waals surface area contributed by atoms with Gasteiger partial charge in [-0.15, -0.1) is 0 Å². The average Bonchev–Trinajstić information content (AvgIpc) is 2.42. The van der Waals surface area contributed by atoms with Crippen LogP contribution in [0.15, 0.2) is 24.3 Å². The lowest BCUT2D eigenvalue weighted by Crippen LogP contribution is -2.41. The Bertz CT molecular complexity index is 431. The highest BCUT2D eigenvalue weighted by atomic mass is 16.5. The van der Waals surface area contributed by atoms with Crippen molar-refractivity contribution in [2.45, 2.75) is 45.3 Å². The zero-order valence-electron chi connectivity index (χ0n) is 11.8. The largest absolute Gasteiger partial charge is 0.380 e. The summed E-state index contributed by atoms with van der Waals surface area (Å²) in [6.45, 7) is 2.77. The van der Waals surface area contributed by atoms with Crippen LogP contribution in [-0.2, 0) is 11.3 Å². The summed E-state index contributed by atoms with van der Waals surface area (Å²) in [6, 6.07) is 7.98. The van der Waals surface area contributed by atoms with Crippen molar-refractivity contribution >= 4 is 5.91 Å². The highest BCUT2D eigenvalue weighted by molar-refractivity contribution is 5.94. The van der Waals surface area contributed by atoms with Gasteiger partial charge in [0.2, 0.25) is 0 Å². The number of hydrogen-bond acceptors (Lipinski definition) is 2. The van der Waals surface area contributed by atoms with Gasteiger partial charge >= 0.3 is 0 Å². The lowest BCUT2D eigenvalue weighted by atomic mass is 9.86. The molecule has 1 aromatic carbocycles. The Morgan fingerprint density at radius 1 is 1.37 bits per heavy atom. The van der Waals surface area contributed by atoms with E-state index in [0.29, 0.717) is 18.6 Å². The Morgan fingerprint density at radius 2 is 2.16 bits per heavy atom. The van der Waals surface area contributed by atoms with E-state index in [9.17, 15) is 4.79 Å². The van der Waals surface area contributed by atoms with Gasteiger partial charge in [0.15, 0.2) is 0 Å². The minimum Gasteiger partial charge on any atom is -0.380 e. The number of amides is 1. The first kappa shape index (κ1) is 14.1. The van der Waals surface area contributed by atoms with Gasteiger partial charge in [0, 0.05) is 18.7 Å². The molecule has 1 amide bonds. The molecule has 1 saturated carbocycles. The minimum absolute atomic E-state index is 0.0386. The van der Waals surface area contributed by atoms with Gasteiger partial charge in [-0.25, -0.2) is 0 Å². The molecule has 1 aliphatic rings. The molecule has 2 rings (SSSR count). The second-order valence-corrected chi connectivity index (χ2v) is 5.48. The van der Waals surface area contributed by atoms with Crippen molar-refractivity contribution in [2.75, 3.05) is 7.11 Å². The minimum atomic E-state index is 0.0386. The fourth-order valence-electron chi connectivity index (χ4n) is 2.75. The van der Waals surface area contributed by atoms with Crippen LogP contribution in [0.25, 0.3) is 0 Å². The molecule has 2 atom stereocenters. The van der Waals surface area contributed by atoms with Gasteiger partial charge in [-0.3, -0.25) is 4.79 Å². The van der Waals surface area contributed by atoms with E-state index in [4.69, 9.17) is 4.74 Å². The molecule has 3 heteroatoms. The number of ether oxygens (including phenoxy) is 1. The van der Waals surface area contributed by atoms with Crippen LogP contribution in [0.3, 0.4) is 0 Å². The van der Waals surface area contributed by atoms with Crippen molar-refractivity contribution in [3.05, 3.63) is 35.4 Å². The van der Waals surface area contributed by atoms with E-state index in [-0.39, 0.29) is 5.91 Å². The molecule has 19 heavy (non-hydrogen) atoms. The average molecular weight is 261 g/mol. The molecule has 1 aromatic rings. The monoisotopic (exact) mass is 261 g/mol. The molecule has 1 aliphatic carbocycles. The predicted octanol–water partition coefficient (Wildman–Crippen LogP) is 3.14. The number of rotatable bonds is 4. The SMILES string of the molecule is COCc1cccc(C(=O)NC2CCCCC2C)c1. The van der Waals surface area contributed by atoms with Gasteiger partial charge in [0.25, 0.3) is 5.91 Å². The second-order valence-electron chi connectivity index (χ2n) is 5.48. The van der Waals surface area contributed by atoms with Crippen molar-refractivity contribution in [2.24, 2.45) is 5.92 Å². The van der Waals surface area contributed by atoms with Gasteiger partial charge in [0.05, 0.1) is 6.61 Å². The first-order valence-electron chi connectivity index (χ1n) is 7.09. The van der Waals surface area contributed by atoms with Crippen molar-refractivity contribution in [3.8, 4) is 0 Å². The molecular formula is C16H23NO2. The normalized spacial score (nSPS) is 23.1. The Balaban J connectivity index is 2.00. The van der Waals surface area contributed by atoms with Gasteiger partial charge in [-0.1, -0.05) is 31.9 Å². The van der Waals surface area contributed by atoms with E-state index in [1.54, 1.807) is 7.11 Å². The highest BCUT2D eigenvalue weighted by Crippen LogP contribution is 2.24. The maximum Gasteiger partial charge on any atom is 0.251 e. The smallest absolute Gasteiger partial charge is 0.251 e. The maximum atomic E-state index is 12.3. The quantitative estimate of drug-likeness (QED) is 0.904. The molecule has 3 nitrogen and oxygen atoms in total. The molecular weight excluding hydrogens is 238 g/mol. The third-order valence-corrected chi connectivity index (χ3v) is 3.93. The number of methoxy groups -OCH3 is 1. The summed E-state index contributed by atoms with van der Waals surface area (Å²) in [6.07, 6.45) is 4.83. The molecule has 0 heterocycles. The summed E-state index contributed by atoms with van der Waals surface area (Å²) in [7, 11) is 1.66. The van der Waals surface area contributed by atoms with Crippen molar-refractivity contribution in [1.82, 2.24) is 5.32 Å². The Labute approximate surface area is 115 Å². The number of hydrogen-bond donors (Lipinski definition) is 1. The van der Waals surface area contributed by atoms with E-state index in [1.165, 1.54) is 19.3 Å². The fourth-order valence-corrected chi connectivity index (χ4v) is 2.75. The number of nitrogens with one attached hydrogen (secondary N) is 1. The van der Waals surface area contributed by atoms with Crippen molar-refractivity contribution in [3.63, 3.8) is 0 Å². The van der Waals surface area contributed by atoms with Gasteiger partial charge in [-0.2, -0.15) is 0 Å². The van der Waals surface area contributed by atoms with E-state index < -0.39 is 0 Å². The van der Waals surface area contributed by atoms with E-state index in [1.807, 2.05) is 24.3 Å². The molecule has 104 valence electrons. The topological polar surface area (TPSA) is 38.3 Å². The molecule has 0 bridgehead atoms. The van der Waals surface area contributed by atoms with Crippen molar-refractivity contribution < 1.29 is 9.53 Å². The van der Waals surface area contributed by atoms with Crippen LogP contribution in [0.1, 0.15) is 48.5 Å². The fraction of sp³-hybridized carbons (Fsp3) is 0.562. The van der Waals surface area contributed by atoms with Crippen LogP contribution in [0.5, 0.6) is 0 Å². The zero-order chi connectivity index (χ0) is 13.7. The molecule has 0 aromatic heterocycles. The lowest BCUT2D eigenvalue weighted by Gasteiger charge is -2.29. The molecule has 0 aliphatic heterocycles. The number of carbonyl (C=O) groups excluding carboxylic acids is 1. The van der Waals surface area contributed by atoms with E-state index >= 15 is 0 Å². The van der Waals surface area contributed by atoms with Crippen LogP contribution < -0.4 is 5.32 Å². The third kappa shape index (κ3) is 3.80. The lowest BCUT2D eigenvalue weighted by molar-refractivity contribution is 0.0910.